The smallest absolute Gasteiger partial charge is 0.303 e. The Kier molecular flexibility index (Phi) is 4.36. The molecule has 1 aromatic carbocycles. The average molecular weight is 430 g/mol. The third kappa shape index (κ3) is 3.16. The lowest BCUT2D eigenvalue weighted by Crippen LogP contribution is -2.59. The normalized spacial score (nSPS) is 31.6. The number of carboxylic acid groups (broad SMARTS) is 1. The Morgan fingerprint density at radius 1 is 1.20 bits per heavy atom. The lowest BCUT2D eigenvalue weighted by atomic mass is 9.46. The summed E-state index contributed by atoms with van der Waals surface area (Å²) in [6.07, 6.45) is 7.10. The summed E-state index contributed by atoms with van der Waals surface area (Å²) in [6, 6.07) is 6.46. The van der Waals surface area contributed by atoms with Crippen LogP contribution in [0.5, 0.6) is 5.75 Å². The number of aromatic hydroxyl groups is 1. The maximum Gasteiger partial charge on any atom is 0.303 e. The van der Waals surface area contributed by atoms with Gasteiger partial charge in [0, 0.05) is 5.69 Å². The van der Waals surface area contributed by atoms with E-state index in [4.69, 9.17) is 11.6 Å². The topological polar surface area (TPSA) is 104 Å². The number of phenolic OH excluding ortho intramolecular Hbond substituents is 1. The molecule has 3 N–H and O–H groups in total. The van der Waals surface area contributed by atoms with Crippen molar-refractivity contribution in [2.45, 2.75) is 50.5 Å². The number of carbonyl (C=O) groups is 1. The number of hydrogen-bond acceptors (Lipinski definition) is 5. The summed E-state index contributed by atoms with van der Waals surface area (Å²) >= 11 is 6.46. The van der Waals surface area contributed by atoms with Gasteiger partial charge < -0.3 is 15.5 Å². The van der Waals surface area contributed by atoms with Crippen LogP contribution in [0.3, 0.4) is 0 Å². The van der Waals surface area contributed by atoms with Crippen LogP contribution in [0.1, 0.15) is 44.9 Å². The van der Waals surface area contributed by atoms with E-state index in [1.165, 1.54) is 0 Å². The molecule has 2 unspecified atom stereocenters. The molecular weight excluding hydrogens is 406 g/mol. The molecule has 2 aromatic rings. The van der Waals surface area contributed by atoms with Gasteiger partial charge in [-0.2, -0.15) is 5.10 Å². The minimum atomic E-state index is -0.765. The zero-order valence-corrected chi connectivity index (χ0v) is 17.2. The lowest BCUT2D eigenvalue weighted by Gasteiger charge is -2.61. The molecule has 0 radical (unpaired) electrons. The SMILES string of the molecule is O=C(O)CC12C[C@H]3C[C@@H](C1)CC(n1ncc(Nc4ccc(O)cc4)c(Cl)c1=O)(C3)C2. The summed E-state index contributed by atoms with van der Waals surface area (Å²) in [5.74, 6) is 0.261. The zero-order valence-electron chi connectivity index (χ0n) is 16.5. The molecule has 4 aliphatic carbocycles. The number of benzene rings is 1. The first kappa shape index (κ1) is 19.4. The summed E-state index contributed by atoms with van der Waals surface area (Å²) in [5, 5.41) is 26.6. The molecule has 0 aliphatic heterocycles. The third-order valence-electron chi connectivity index (χ3n) is 7.19. The summed E-state index contributed by atoms with van der Waals surface area (Å²) in [4.78, 5) is 24.8. The second kappa shape index (κ2) is 6.74. The van der Waals surface area contributed by atoms with Crippen LogP contribution in [0, 0.1) is 17.3 Å². The molecule has 4 bridgehead atoms. The Balaban J connectivity index is 1.50. The maximum absolute atomic E-state index is 13.2. The first-order valence-electron chi connectivity index (χ1n) is 10.3. The Bertz CT molecular complexity index is 1050. The van der Waals surface area contributed by atoms with Crippen LogP contribution in [-0.2, 0) is 10.3 Å². The quantitative estimate of drug-likeness (QED) is 0.617. The molecule has 4 atom stereocenters. The van der Waals surface area contributed by atoms with Crippen molar-refractivity contribution in [1.29, 1.82) is 0 Å². The van der Waals surface area contributed by atoms with E-state index in [1.54, 1.807) is 35.1 Å². The van der Waals surface area contributed by atoms with E-state index < -0.39 is 11.5 Å². The second-order valence-electron chi connectivity index (χ2n) is 9.52. The number of rotatable bonds is 5. The molecule has 1 heterocycles. The first-order chi connectivity index (χ1) is 14.3. The van der Waals surface area contributed by atoms with Gasteiger partial charge in [0.05, 0.1) is 23.8 Å². The molecule has 30 heavy (non-hydrogen) atoms. The fourth-order valence-electron chi connectivity index (χ4n) is 6.74. The Morgan fingerprint density at radius 2 is 1.87 bits per heavy atom. The van der Waals surface area contributed by atoms with Crippen LogP contribution in [0.15, 0.2) is 35.3 Å². The van der Waals surface area contributed by atoms with E-state index in [2.05, 4.69) is 10.4 Å². The number of nitrogens with one attached hydrogen (secondary N) is 1. The van der Waals surface area contributed by atoms with Crippen molar-refractivity contribution in [3.05, 3.63) is 45.8 Å². The number of halogens is 1. The van der Waals surface area contributed by atoms with Gasteiger partial charge in [-0.15, -0.1) is 0 Å². The molecule has 1 aromatic heterocycles. The monoisotopic (exact) mass is 429 g/mol. The number of aromatic nitrogens is 2. The van der Waals surface area contributed by atoms with Crippen LogP contribution in [-0.4, -0.2) is 26.0 Å². The first-order valence-corrected chi connectivity index (χ1v) is 10.7. The predicted octanol–water partition coefficient (Wildman–Crippen LogP) is 4.12. The van der Waals surface area contributed by atoms with Crippen molar-refractivity contribution in [2.24, 2.45) is 17.3 Å². The highest BCUT2D eigenvalue weighted by Gasteiger charge is 2.59. The van der Waals surface area contributed by atoms with Crippen LogP contribution >= 0.6 is 11.6 Å². The van der Waals surface area contributed by atoms with Gasteiger partial charge in [0.1, 0.15) is 10.8 Å². The molecule has 4 fully saturated rings. The van der Waals surface area contributed by atoms with Crippen molar-refractivity contribution in [2.75, 3.05) is 5.32 Å². The van der Waals surface area contributed by atoms with Crippen molar-refractivity contribution in [1.82, 2.24) is 9.78 Å². The predicted molar refractivity (Wildman–Crippen MR) is 112 cm³/mol. The van der Waals surface area contributed by atoms with E-state index in [0.29, 0.717) is 29.6 Å². The number of nitrogens with zero attached hydrogens (tertiary/aromatic N) is 2. The number of aliphatic carboxylic acids is 1. The highest BCUT2D eigenvalue weighted by atomic mass is 35.5. The van der Waals surface area contributed by atoms with Crippen LogP contribution < -0.4 is 10.9 Å². The number of phenols is 1. The number of anilines is 2. The summed E-state index contributed by atoms with van der Waals surface area (Å²) < 4.78 is 1.55. The summed E-state index contributed by atoms with van der Waals surface area (Å²) in [7, 11) is 0. The molecule has 4 saturated carbocycles. The second-order valence-corrected chi connectivity index (χ2v) is 9.89. The van der Waals surface area contributed by atoms with Crippen LogP contribution in [0.4, 0.5) is 11.4 Å². The van der Waals surface area contributed by atoms with Crippen molar-refractivity contribution < 1.29 is 15.0 Å². The molecule has 0 spiro atoms. The zero-order chi connectivity index (χ0) is 21.1. The van der Waals surface area contributed by atoms with E-state index >= 15 is 0 Å². The summed E-state index contributed by atoms with van der Waals surface area (Å²) in [6.45, 7) is 0. The van der Waals surface area contributed by atoms with Crippen molar-refractivity contribution in [3.8, 4) is 5.75 Å². The molecule has 0 saturated heterocycles. The highest BCUT2D eigenvalue weighted by Crippen LogP contribution is 2.65. The lowest BCUT2D eigenvalue weighted by molar-refractivity contribution is -0.151. The number of hydrogen-bond donors (Lipinski definition) is 3. The van der Waals surface area contributed by atoms with E-state index in [1.807, 2.05) is 0 Å². The van der Waals surface area contributed by atoms with E-state index in [0.717, 1.165) is 32.1 Å². The Hall–Kier alpha value is -2.54. The molecule has 7 nitrogen and oxygen atoms in total. The van der Waals surface area contributed by atoms with Gasteiger partial charge in [0.15, 0.2) is 0 Å². The van der Waals surface area contributed by atoms with Gasteiger partial charge in [-0.3, -0.25) is 9.59 Å². The van der Waals surface area contributed by atoms with Gasteiger partial charge in [-0.25, -0.2) is 4.68 Å². The fourth-order valence-corrected chi connectivity index (χ4v) is 6.91. The van der Waals surface area contributed by atoms with Gasteiger partial charge in [0.2, 0.25) is 0 Å². The Labute approximate surface area is 178 Å². The molecule has 4 aliphatic rings. The van der Waals surface area contributed by atoms with E-state index in [9.17, 15) is 19.8 Å². The van der Waals surface area contributed by atoms with Gasteiger partial charge in [-0.1, -0.05) is 11.6 Å². The standard InChI is InChI=1S/C22H24ClN3O4/c23-19-17(25-15-1-3-16(27)4-2-15)11-24-26(20(19)30)22-8-13-5-14(9-22)7-21(6-13,12-22)10-18(28)29/h1-4,11,13-14,25,27H,5-10,12H2,(H,28,29)/t13-,14+,21?,22?. The fraction of sp³-hybridized carbons (Fsp3) is 0.500. The van der Waals surface area contributed by atoms with Crippen LogP contribution in [0.2, 0.25) is 5.02 Å². The molecule has 6 rings (SSSR count). The Morgan fingerprint density at radius 3 is 2.50 bits per heavy atom. The van der Waals surface area contributed by atoms with Gasteiger partial charge in [-0.05, 0) is 80.0 Å². The van der Waals surface area contributed by atoms with Gasteiger partial charge >= 0.3 is 5.97 Å². The summed E-state index contributed by atoms with van der Waals surface area (Å²) in [5.41, 5.74) is 0.0642. The van der Waals surface area contributed by atoms with E-state index in [-0.39, 0.29) is 28.2 Å². The minimum absolute atomic E-state index is 0.0705. The highest BCUT2D eigenvalue weighted by molar-refractivity contribution is 6.33. The van der Waals surface area contributed by atoms with Crippen molar-refractivity contribution >= 4 is 28.9 Å². The largest absolute Gasteiger partial charge is 0.508 e. The molecular formula is C22H24ClN3O4. The van der Waals surface area contributed by atoms with Crippen molar-refractivity contribution in [3.63, 3.8) is 0 Å². The maximum atomic E-state index is 13.2. The minimum Gasteiger partial charge on any atom is -0.508 e. The third-order valence-corrected chi connectivity index (χ3v) is 7.56. The number of carboxylic acids is 1. The molecule has 0 amide bonds. The molecule has 158 valence electrons. The average Bonchev–Trinajstić information content (AvgIpc) is 2.65. The van der Waals surface area contributed by atoms with Gasteiger partial charge in [0.25, 0.3) is 5.56 Å². The van der Waals surface area contributed by atoms with Crippen LogP contribution in [0.25, 0.3) is 0 Å². The molecule has 8 heteroatoms.